The third kappa shape index (κ3) is 5.68. The number of rotatable bonds is 8. The third-order valence-electron chi connectivity index (χ3n) is 2.61. The van der Waals surface area contributed by atoms with Crippen LogP contribution in [0.25, 0.3) is 0 Å². The van der Waals surface area contributed by atoms with Gasteiger partial charge in [-0.15, -0.1) is 0 Å². The van der Waals surface area contributed by atoms with Crippen LogP contribution in [0.1, 0.15) is 45.7 Å². The van der Waals surface area contributed by atoms with Crippen molar-refractivity contribution in [3.05, 3.63) is 24.0 Å². The normalized spacial score (nSPS) is 12.4. The van der Waals surface area contributed by atoms with Gasteiger partial charge in [-0.1, -0.05) is 20.3 Å². The number of anilines is 1. The molecule has 0 saturated carbocycles. The molecule has 0 fully saturated rings. The van der Waals surface area contributed by atoms with Crippen LogP contribution in [-0.2, 0) is 11.3 Å². The Kier molecular flexibility index (Phi) is 6.63. The summed E-state index contributed by atoms with van der Waals surface area (Å²) in [7, 11) is 0. The monoisotopic (exact) mass is 236 g/mol. The zero-order valence-electron chi connectivity index (χ0n) is 11.2. The molecule has 0 bridgehead atoms. The van der Waals surface area contributed by atoms with Gasteiger partial charge in [0.05, 0.1) is 18.4 Å². The Hall–Kier alpha value is -1.09. The molecule has 0 aliphatic carbocycles. The van der Waals surface area contributed by atoms with Gasteiger partial charge in [0, 0.05) is 18.4 Å². The molecule has 0 amide bonds. The third-order valence-corrected chi connectivity index (χ3v) is 2.61. The Labute approximate surface area is 105 Å². The molecule has 1 unspecified atom stereocenters. The Bertz CT molecular complexity index is 315. The van der Waals surface area contributed by atoms with Crippen molar-refractivity contribution in [2.24, 2.45) is 0 Å². The van der Waals surface area contributed by atoms with Gasteiger partial charge in [-0.05, 0) is 31.9 Å². The molecule has 0 aromatic carbocycles. The highest BCUT2D eigenvalue weighted by Gasteiger charge is 2.02. The van der Waals surface area contributed by atoms with Crippen molar-refractivity contribution in [2.45, 2.75) is 52.7 Å². The van der Waals surface area contributed by atoms with E-state index in [9.17, 15) is 0 Å². The van der Waals surface area contributed by atoms with Gasteiger partial charge in [-0.3, -0.25) is 4.98 Å². The zero-order valence-corrected chi connectivity index (χ0v) is 11.2. The van der Waals surface area contributed by atoms with Crippen molar-refractivity contribution in [1.29, 1.82) is 0 Å². The van der Waals surface area contributed by atoms with Crippen molar-refractivity contribution in [1.82, 2.24) is 4.98 Å². The molecule has 1 atom stereocenters. The van der Waals surface area contributed by atoms with Crippen molar-refractivity contribution in [3.8, 4) is 0 Å². The van der Waals surface area contributed by atoms with Gasteiger partial charge in [0.1, 0.15) is 0 Å². The standard InChI is InChI=1S/C14H24N2O/c1-4-6-12(3)17-11-14-10-13(7-9-16-14)15-8-5-2/h7,9-10,12H,4-6,8,11H2,1-3H3,(H,15,16). The molecule has 0 aliphatic heterocycles. The predicted molar refractivity (Wildman–Crippen MR) is 72.2 cm³/mol. The minimum absolute atomic E-state index is 0.314. The Balaban J connectivity index is 2.42. The summed E-state index contributed by atoms with van der Waals surface area (Å²) in [5, 5.41) is 3.35. The summed E-state index contributed by atoms with van der Waals surface area (Å²) in [4.78, 5) is 4.31. The number of aromatic nitrogens is 1. The second kappa shape index (κ2) is 8.07. The summed E-state index contributed by atoms with van der Waals surface area (Å²) in [5.74, 6) is 0. The van der Waals surface area contributed by atoms with Crippen LogP contribution in [0.5, 0.6) is 0 Å². The molecule has 0 radical (unpaired) electrons. The first-order valence-corrected chi connectivity index (χ1v) is 6.56. The Morgan fingerprint density at radius 1 is 1.35 bits per heavy atom. The zero-order chi connectivity index (χ0) is 12.5. The van der Waals surface area contributed by atoms with Crippen LogP contribution >= 0.6 is 0 Å². The molecule has 96 valence electrons. The van der Waals surface area contributed by atoms with E-state index in [-0.39, 0.29) is 0 Å². The molecule has 1 N–H and O–H groups in total. The average molecular weight is 236 g/mol. The molecule has 1 aromatic rings. The molecular formula is C14H24N2O. The second-order valence-corrected chi connectivity index (χ2v) is 4.37. The maximum absolute atomic E-state index is 5.74. The summed E-state index contributed by atoms with van der Waals surface area (Å²) >= 11 is 0. The molecule has 1 rings (SSSR count). The first-order chi connectivity index (χ1) is 8.26. The van der Waals surface area contributed by atoms with Gasteiger partial charge in [0.2, 0.25) is 0 Å². The molecule has 0 aliphatic rings. The molecule has 0 saturated heterocycles. The van der Waals surface area contributed by atoms with Crippen LogP contribution in [0.15, 0.2) is 18.3 Å². The largest absolute Gasteiger partial charge is 0.385 e. The van der Waals surface area contributed by atoms with Crippen LogP contribution in [0.2, 0.25) is 0 Å². The van der Waals surface area contributed by atoms with Crippen LogP contribution in [0.3, 0.4) is 0 Å². The van der Waals surface area contributed by atoms with E-state index in [1.54, 1.807) is 0 Å². The second-order valence-electron chi connectivity index (χ2n) is 4.37. The van der Waals surface area contributed by atoms with Gasteiger partial charge in [0.15, 0.2) is 0 Å². The van der Waals surface area contributed by atoms with Gasteiger partial charge in [-0.2, -0.15) is 0 Å². The lowest BCUT2D eigenvalue weighted by Gasteiger charge is -2.12. The Morgan fingerprint density at radius 2 is 2.18 bits per heavy atom. The summed E-state index contributed by atoms with van der Waals surface area (Å²) in [6.07, 6.45) is 5.54. The highest BCUT2D eigenvalue weighted by atomic mass is 16.5. The Morgan fingerprint density at radius 3 is 2.88 bits per heavy atom. The number of nitrogens with one attached hydrogen (secondary N) is 1. The lowest BCUT2D eigenvalue weighted by Crippen LogP contribution is -2.08. The summed E-state index contributed by atoms with van der Waals surface area (Å²) < 4.78 is 5.74. The number of hydrogen-bond donors (Lipinski definition) is 1. The van der Waals surface area contributed by atoms with Gasteiger partial charge >= 0.3 is 0 Å². The highest BCUT2D eigenvalue weighted by Crippen LogP contribution is 2.10. The van der Waals surface area contributed by atoms with E-state index < -0.39 is 0 Å². The molecule has 3 heteroatoms. The first kappa shape index (κ1) is 14.0. The average Bonchev–Trinajstić information content (AvgIpc) is 2.35. The van der Waals surface area contributed by atoms with E-state index >= 15 is 0 Å². The fourth-order valence-corrected chi connectivity index (χ4v) is 1.65. The van der Waals surface area contributed by atoms with Crippen molar-refractivity contribution >= 4 is 5.69 Å². The summed E-state index contributed by atoms with van der Waals surface area (Å²) in [5.41, 5.74) is 2.12. The number of nitrogens with zero attached hydrogens (tertiary/aromatic N) is 1. The van der Waals surface area contributed by atoms with Crippen LogP contribution in [0, 0.1) is 0 Å². The van der Waals surface area contributed by atoms with Crippen LogP contribution in [0.4, 0.5) is 5.69 Å². The number of ether oxygens (including phenoxy) is 1. The van der Waals surface area contributed by atoms with E-state index in [1.165, 1.54) is 0 Å². The van der Waals surface area contributed by atoms with Crippen molar-refractivity contribution in [2.75, 3.05) is 11.9 Å². The lowest BCUT2D eigenvalue weighted by atomic mass is 10.2. The van der Waals surface area contributed by atoms with Crippen LogP contribution < -0.4 is 5.32 Å². The van der Waals surface area contributed by atoms with Gasteiger partial charge < -0.3 is 10.1 Å². The van der Waals surface area contributed by atoms with Crippen LogP contribution in [-0.4, -0.2) is 17.6 Å². The lowest BCUT2D eigenvalue weighted by molar-refractivity contribution is 0.0453. The van der Waals surface area contributed by atoms with E-state index in [4.69, 9.17) is 4.74 Å². The fraction of sp³-hybridized carbons (Fsp3) is 0.643. The van der Waals surface area contributed by atoms with Crippen molar-refractivity contribution < 1.29 is 4.74 Å². The van der Waals surface area contributed by atoms with Gasteiger partial charge in [-0.25, -0.2) is 0 Å². The molecule has 17 heavy (non-hydrogen) atoms. The maximum atomic E-state index is 5.74. The topological polar surface area (TPSA) is 34.2 Å². The fourth-order valence-electron chi connectivity index (χ4n) is 1.65. The predicted octanol–water partition coefficient (Wildman–Crippen LogP) is 3.61. The number of pyridine rings is 1. The smallest absolute Gasteiger partial charge is 0.0892 e. The van der Waals surface area contributed by atoms with Gasteiger partial charge in [0.25, 0.3) is 0 Å². The van der Waals surface area contributed by atoms with E-state index in [0.717, 1.165) is 37.2 Å². The molecular weight excluding hydrogens is 212 g/mol. The molecule has 1 heterocycles. The van der Waals surface area contributed by atoms with E-state index in [2.05, 4.69) is 37.1 Å². The highest BCUT2D eigenvalue weighted by molar-refractivity contribution is 5.42. The molecule has 0 spiro atoms. The number of hydrogen-bond acceptors (Lipinski definition) is 3. The molecule has 1 aromatic heterocycles. The SMILES string of the molecule is CCCNc1ccnc(COC(C)CCC)c1. The summed E-state index contributed by atoms with van der Waals surface area (Å²) in [6.45, 7) is 8.04. The first-order valence-electron chi connectivity index (χ1n) is 6.56. The minimum Gasteiger partial charge on any atom is -0.385 e. The van der Waals surface area contributed by atoms with Crippen molar-refractivity contribution in [3.63, 3.8) is 0 Å². The van der Waals surface area contributed by atoms with E-state index in [0.29, 0.717) is 12.7 Å². The maximum Gasteiger partial charge on any atom is 0.0892 e. The quantitative estimate of drug-likeness (QED) is 0.748. The van der Waals surface area contributed by atoms with E-state index in [1.807, 2.05) is 12.3 Å². The minimum atomic E-state index is 0.314. The summed E-state index contributed by atoms with van der Waals surface area (Å²) in [6, 6.07) is 4.06. The molecule has 3 nitrogen and oxygen atoms in total.